The van der Waals surface area contributed by atoms with Crippen molar-refractivity contribution in [2.45, 2.75) is 12.4 Å². The Balaban J connectivity index is 2.31. The molecular formula is C15H10F6N2. The molecule has 0 aliphatic heterocycles. The summed E-state index contributed by atoms with van der Waals surface area (Å²) in [5.41, 5.74) is -0.196. The molecule has 0 unspecified atom stereocenters. The van der Waals surface area contributed by atoms with Gasteiger partial charge in [-0.2, -0.15) is 31.4 Å². The van der Waals surface area contributed by atoms with Crippen LogP contribution in [-0.4, -0.2) is 6.21 Å². The molecule has 0 saturated carbocycles. The van der Waals surface area contributed by atoms with Gasteiger partial charge >= 0.3 is 12.4 Å². The number of rotatable bonds is 3. The van der Waals surface area contributed by atoms with Gasteiger partial charge in [-0.25, -0.2) is 0 Å². The van der Waals surface area contributed by atoms with Crippen LogP contribution in [0.3, 0.4) is 0 Å². The molecule has 0 amide bonds. The highest BCUT2D eigenvalue weighted by molar-refractivity contribution is 5.82. The molecule has 2 aromatic carbocycles. The van der Waals surface area contributed by atoms with Gasteiger partial charge in [0, 0.05) is 5.56 Å². The third kappa shape index (κ3) is 4.48. The van der Waals surface area contributed by atoms with E-state index in [-0.39, 0.29) is 6.07 Å². The number of benzene rings is 2. The van der Waals surface area contributed by atoms with Crippen molar-refractivity contribution in [3.8, 4) is 0 Å². The van der Waals surface area contributed by atoms with Crippen LogP contribution in [0, 0.1) is 0 Å². The first-order chi connectivity index (χ1) is 10.7. The number of nitrogens with zero attached hydrogens (tertiary/aromatic N) is 1. The molecule has 0 bridgehead atoms. The van der Waals surface area contributed by atoms with Crippen molar-refractivity contribution >= 4 is 11.9 Å². The van der Waals surface area contributed by atoms with Crippen LogP contribution in [0.25, 0.3) is 0 Å². The summed E-state index contributed by atoms with van der Waals surface area (Å²) >= 11 is 0. The average Bonchev–Trinajstić information content (AvgIpc) is 2.46. The zero-order valence-corrected chi connectivity index (χ0v) is 11.4. The molecule has 23 heavy (non-hydrogen) atoms. The van der Waals surface area contributed by atoms with Gasteiger partial charge < -0.3 is 0 Å². The molecule has 0 aliphatic rings. The molecule has 0 saturated heterocycles. The molecule has 0 spiro atoms. The Morgan fingerprint density at radius 2 is 1.48 bits per heavy atom. The third-order valence-electron chi connectivity index (χ3n) is 2.86. The summed E-state index contributed by atoms with van der Waals surface area (Å²) in [5.74, 6) is 0. The summed E-state index contributed by atoms with van der Waals surface area (Å²) < 4.78 is 76.4. The lowest BCUT2D eigenvalue weighted by Crippen LogP contribution is -2.13. The number of para-hydroxylation sites is 1. The van der Waals surface area contributed by atoms with E-state index in [4.69, 9.17) is 0 Å². The summed E-state index contributed by atoms with van der Waals surface area (Å²) in [6, 6.07) is 9.79. The smallest absolute Gasteiger partial charge is 0.279 e. The van der Waals surface area contributed by atoms with Crippen LogP contribution in [0.5, 0.6) is 0 Å². The lowest BCUT2D eigenvalue weighted by atomic mass is 10.0. The monoisotopic (exact) mass is 332 g/mol. The van der Waals surface area contributed by atoms with E-state index >= 15 is 0 Å². The Labute approximate surface area is 127 Å². The van der Waals surface area contributed by atoms with E-state index in [2.05, 4.69) is 10.5 Å². The van der Waals surface area contributed by atoms with Gasteiger partial charge in [-0.1, -0.05) is 24.3 Å². The number of hydrogen-bond donors (Lipinski definition) is 1. The normalized spacial score (nSPS) is 12.6. The summed E-state index contributed by atoms with van der Waals surface area (Å²) in [5, 5.41) is 3.62. The van der Waals surface area contributed by atoms with Gasteiger partial charge in [0.2, 0.25) is 0 Å². The van der Waals surface area contributed by atoms with Crippen molar-refractivity contribution < 1.29 is 26.3 Å². The maximum absolute atomic E-state index is 12.9. The predicted molar refractivity (Wildman–Crippen MR) is 74.1 cm³/mol. The van der Waals surface area contributed by atoms with Crippen LogP contribution >= 0.6 is 0 Å². The summed E-state index contributed by atoms with van der Waals surface area (Å²) in [7, 11) is 0. The van der Waals surface area contributed by atoms with Crippen LogP contribution in [0.2, 0.25) is 0 Å². The quantitative estimate of drug-likeness (QED) is 0.468. The van der Waals surface area contributed by atoms with E-state index in [0.717, 1.165) is 12.3 Å². The van der Waals surface area contributed by atoms with Gasteiger partial charge in [-0.15, -0.1) is 0 Å². The van der Waals surface area contributed by atoms with Crippen molar-refractivity contribution in [1.82, 2.24) is 0 Å². The molecule has 0 aliphatic carbocycles. The first-order valence-corrected chi connectivity index (χ1v) is 6.30. The van der Waals surface area contributed by atoms with E-state index in [1.54, 1.807) is 30.3 Å². The van der Waals surface area contributed by atoms with Gasteiger partial charge in [0.15, 0.2) is 0 Å². The maximum atomic E-state index is 12.9. The molecule has 0 aromatic heterocycles. The third-order valence-corrected chi connectivity index (χ3v) is 2.86. The zero-order chi connectivity index (χ0) is 17.1. The van der Waals surface area contributed by atoms with Crippen molar-refractivity contribution in [2.24, 2.45) is 5.10 Å². The second-order valence-electron chi connectivity index (χ2n) is 4.53. The van der Waals surface area contributed by atoms with Crippen molar-refractivity contribution in [1.29, 1.82) is 0 Å². The number of anilines is 1. The van der Waals surface area contributed by atoms with Crippen LogP contribution < -0.4 is 5.43 Å². The Kier molecular flexibility index (Phi) is 4.63. The van der Waals surface area contributed by atoms with Gasteiger partial charge in [-0.05, 0) is 24.3 Å². The van der Waals surface area contributed by atoms with Gasteiger partial charge in [0.1, 0.15) is 0 Å². The predicted octanol–water partition coefficient (Wildman–Crippen LogP) is 5.17. The van der Waals surface area contributed by atoms with E-state index in [0.29, 0.717) is 11.8 Å². The molecule has 122 valence electrons. The molecule has 2 nitrogen and oxygen atoms in total. The minimum atomic E-state index is -4.92. The van der Waals surface area contributed by atoms with Crippen molar-refractivity contribution in [3.63, 3.8) is 0 Å². The van der Waals surface area contributed by atoms with Crippen LogP contribution in [0.1, 0.15) is 16.7 Å². The van der Waals surface area contributed by atoms with E-state index < -0.39 is 29.0 Å². The SMILES string of the molecule is FC(F)(F)c1ccc(C=NNc2ccccc2)c(C(F)(F)F)c1. The number of nitrogens with one attached hydrogen (secondary N) is 1. The Morgan fingerprint density at radius 3 is 2.04 bits per heavy atom. The van der Waals surface area contributed by atoms with Crippen LogP contribution in [0.15, 0.2) is 53.6 Å². The van der Waals surface area contributed by atoms with Gasteiger partial charge in [0.05, 0.1) is 23.0 Å². The van der Waals surface area contributed by atoms with Crippen LogP contribution in [-0.2, 0) is 12.4 Å². The van der Waals surface area contributed by atoms with E-state index in [1.165, 1.54) is 0 Å². The summed E-state index contributed by atoms with van der Waals surface area (Å²) in [6.07, 6.45) is -8.94. The lowest BCUT2D eigenvalue weighted by molar-refractivity contribution is -0.143. The highest BCUT2D eigenvalue weighted by Crippen LogP contribution is 2.36. The lowest BCUT2D eigenvalue weighted by Gasteiger charge is -2.13. The number of halogens is 6. The molecule has 0 radical (unpaired) electrons. The summed E-state index contributed by atoms with van der Waals surface area (Å²) in [6.45, 7) is 0. The fourth-order valence-corrected chi connectivity index (χ4v) is 1.78. The molecule has 2 rings (SSSR count). The second kappa shape index (κ2) is 6.31. The average molecular weight is 332 g/mol. The Bertz CT molecular complexity index is 689. The van der Waals surface area contributed by atoms with E-state index in [1.807, 2.05) is 0 Å². The molecule has 1 N–H and O–H groups in total. The second-order valence-corrected chi connectivity index (χ2v) is 4.53. The first-order valence-electron chi connectivity index (χ1n) is 6.30. The Hall–Kier alpha value is -2.51. The fraction of sp³-hybridized carbons (Fsp3) is 0.133. The molecular weight excluding hydrogens is 322 g/mol. The number of hydrogen-bond acceptors (Lipinski definition) is 2. The van der Waals surface area contributed by atoms with Crippen molar-refractivity contribution in [3.05, 3.63) is 65.2 Å². The van der Waals surface area contributed by atoms with Crippen LogP contribution in [0.4, 0.5) is 32.0 Å². The molecule has 0 heterocycles. The van der Waals surface area contributed by atoms with Crippen molar-refractivity contribution in [2.75, 3.05) is 5.43 Å². The largest absolute Gasteiger partial charge is 0.417 e. The topological polar surface area (TPSA) is 24.4 Å². The molecule has 0 atom stereocenters. The van der Waals surface area contributed by atoms with Gasteiger partial charge in [0.25, 0.3) is 0 Å². The van der Waals surface area contributed by atoms with E-state index in [9.17, 15) is 26.3 Å². The maximum Gasteiger partial charge on any atom is 0.417 e. The zero-order valence-electron chi connectivity index (χ0n) is 11.4. The minimum absolute atomic E-state index is 0.0733. The van der Waals surface area contributed by atoms with Gasteiger partial charge in [-0.3, -0.25) is 5.43 Å². The summed E-state index contributed by atoms with van der Waals surface area (Å²) in [4.78, 5) is 0. The number of hydrazone groups is 1. The minimum Gasteiger partial charge on any atom is -0.279 e. The molecule has 8 heteroatoms. The molecule has 2 aromatic rings. The highest BCUT2D eigenvalue weighted by Gasteiger charge is 2.37. The Morgan fingerprint density at radius 1 is 0.826 bits per heavy atom. The highest BCUT2D eigenvalue weighted by atomic mass is 19.4. The first kappa shape index (κ1) is 16.9. The molecule has 0 fully saturated rings. The standard InChI is InChI=1S/C15H10F6N2/c16-14(17,18)11-7-6-10(13(8-11)15(19,20)21)9-22-23-12-4-2-1-3-5-12/h1-9,23H. The fourth-order valence-electron chi connectivity index (χ4n) is 1.78. The number of alkyl halides is 6.